The van der Waals surface area contributed by atoms with E-state index in [1.807, 2.05) is 6.07 Å². The van der Waals surface area contributed by atoms with Gasteiger partial charge in [0, 0.05) is 12.4 Å². The minimum absolute atomic E-state index is 0.0793. The van der Waals surface area contributed by atoms with Crippen molar-refractivity contribution in [1.82, 2.24) is 9.97 Å². The molecule has 98 valence electrons. The number of carboxylic acid groups (broad SMARTS) is 1. The average Bonchev–Trinajstić information content (AvgIpc) is 2.45. The van der Waals surface area contributed by atoms with Crippen molar-refractivity contribution in [3.05, 3.63) is 47.9 Å². The molecule has 0 fully saturated rings. The van der Waals surface area contributed by atoms with Crippen LogP contribution in [0.15, 0.2) is 36.8 Å². The van der Waals surface area contributed by atoms with E-state index in [2.05, 4.69) is 9.97 Å². The topological polar surface area (TPSA) is 81.5 Å². The van der Waals surface area contributed by atoms with Crippen LogP contribution < -0.4 is 9.47 Å². The minimum Gasteiger partial charge on any atom is -0.487 e. The second kappa shape index (κ2) is 5.81. The summed E-state index contributed by atoms with van der Waals surface area (Å²) >= 11 is 0. The van der Waals surface area contributed by atoms with Gasteiger partial charge in [-0.05, 0) is 18.2 Å². The molecule has 0 aromatic carbocycles. The van der Waals surface area contributed by atoms with E-state index in [1.165, 1.54) is 25.6 Å². The van der Waals surface area contributed by atoms with Gasteiger partial charge in [-0.15, -0.1) is 0 Å². The van der Waals surface area contributed by atoms with Gasteiger partial charge < -0.3 is 14.6 Å². The van der Waals surface area contributed by atoms with E-state index < -0.39 is 5.97 Å². The summed E-state index contributed by atoms with van der Waals surface area (Å²) < 4.78 is 10.6. The van der Waals surface area contributed by atoms with Crippen molar-refractivity contribution in [2.24, 2.45) is 0 Å². The first-order chi connectivity index (χ1) is 9.20. The lowest BCUT2D eigenvalue weighted by molar-refractivity contribution is 0.0696. The predicted molar refractivity (Wildman–Crippen MR) is 66.3 cm³/mol. The van der Waals surface area contributed by atoms with Gasteiger partial charge in [-0.1, -0.05) is 0 Å². The van der Waals surface area contributed by atoms with Crippen LogP contribution in [0, 0.1) is 0 Å². The van der Waals surface area contributed by atoms with Crippen LogP contribution in [-0.2, 0) is 6.61 Å². The zero-order chi connectivity index (χ0) is 13.7. The van der Waals surface area contributed by atoms with E-state index in [1.54, 1.807) is 12.3 Å². The second-order valence-corrected chi connectivity index (χ2v) is 3.67. The molecule has 0 saturated heterocycles. The molecule has 19 heavy (non-hydrogen) atoms. The highest BCUT2D eigenvalue weighted by molar-refractivity contribution is 5.87. The molecule has 2 aromatic heterocycles. The smallest absolute Gasteiger partial charge is 0.337 e. The largest absolute Gasteiger partial charge is 0.487 e. The first-order valence-corrected chi connectivity index (χ1v) is 5.49. The van der Waals surface area contributed by atoms with Crippen LogP contribution in [-0.4, -0.2) is 28.2 Å². The van der Waals surface area contributed by atoms with E-state index in [4.69, 9.17) is 14.6 Å². The van der Waals surface area contributed by atoms with E-state index >= 15 is 0 Å². The van der Waals surface area contributed by atoms with Crippen LogP contribution in [0.4, 0.5) is 0 Å². The number of hydrogen-bond acceptors (Lipinski definition) is 5. The lowest BCUT2D eigenvalue weighted by atomic mass is 10.2. The average molecular weight is 260 g/mol. The summed E-state index contributed by atoms with van der Waals surface area (Å²) in [6.07, 6.45) is 4.34. The molecule has 0 atom stereocenters. The summed E-state index contributed by atoms with van der Waals surface area (Å²) in [5.74, 6) is -0.187. The van der Waals surface area contributed by atoms with Crippen molar-refractivity contribution in [2.75, 3.05) is 7.11 Å². The van der Waals surface area contributed by atoms with E-state index in [0.717, 1.165) is 5.56 Å². The Balaban J connectivity index is 2.10. The molecule has 0 unspecified atom stereocenters. The minimum atomic E-state index is -1.04. The molecule has 0 radical (unpaired) electrons. The summed E-state index contributed by atoms with van der Waals surface area (Å²) in [6.45, 7) is 0.224. The van der Waals surface area contributed by atoms with Gasteiger partial charge in [0.25, 0.3) is 0 Å². The number of ether oxygens (including phenoxy) is 2. The van der Waals surface area contributed by atoms with Crippen LogP contribution in [0.3, 0.4) is 0 Å². The molecule has 0 aliphatic heterocycles. The number of pyridine rings is 2. The molecule has 0 aliphatic rings. The van der Waals surface area contributed by atoms with Crippen LogP contribution in [0.2, 0.25) is 0 Å². The lowest BCUT2D eigenvalue weighted by Crippen LogP contribution is -2.02. The SMILES string of the molecule is COc1ncccc1COc1cncc(C(=O)O)c1. The third-order valence-corrected chi connectivity index (χ3v) is 2.40. The van der Waals surface area contributed by atoms with Gasteiger partial charge in [-0.2, -0.15) is 0 Å². The Morgan fingerprint density at radius 3 is 3.00 bits per heavy atom. The number of carbonyl (C=O) groups is 1. The molecule has 2 aromatic rings. The summed E-state index contributed by atoms with van der Waals surface area (Å²) in [4.78, 5) is 18.7. The molecule has 0 bridgehead atoms. The zero-order valence-corrected chi connectivity index (χ0v) is 10.2. The normalized spacial score (nSPS) is 9.95. The van der Waals surface area contributed by atoms with Gasteiger partial charge in [0.15, 0.2) is 0 Å². The number of nitrogens with zero attached hydrogens (tertiary/aromatic N) is 2. The number of aromatic carboxylic acids is 1. The Bertz CT molecular complexity index is 586. The molecule has 6 heteroatoms. The fraction of sp³-hybridized carbons (Fsp3) is 0.154. The Morgan fingerprint density at radius 1 is 1.42 bits per heavy atom. The summed E-state index contributed by atoms with van der Waals surface area (Å²) in [6, 6.07) is 5.01. The van der Waals surface area contributed by atoms with Crippen molar-refractivity contribution in [3.63, 3.8) is 0 Å². The quantitative estimate of drug-likeness (QED) is 0.882. The highest BCUT2D eigenvalue weighted by Gasteiger charge is 2.07. The van der Waals surface area contributed by atoms with Crippen LogP contribution in [0.5, 0.6) is 11.6 Å². The molecular weight excluding hydrogens is 248 g/mol. The van der Waals surface area contributed by atoms with E-state index in [-0.39, 0.29) is 12.2 Å². The Labute approximate surface area is 109 Å². The standard InChI is InChI=1S/C13H12N2O4/c1-18-12-9(3-2-4-15-12)8-19-11-5-10(13(16)17)6-14-7-11/h2-7H,8H2,1H3,(H,16,17). The van der Waals surface area contributed by atoms with Gasteiger partial charge in [0.05, 0.1) is 24.4 Å². The van der Waals surface area contributed by atoms with Crippen molar-refractivity contribution >= 4 is 5.97 Å². The van der Waals surface area contributed by atoms with Crippen LogP contribution in [0.1, 0.15) is 15.9 Å². The summed E-state index contributed by atoms with van der Waals surface area (Å²) in [5, 5.41) is 8.85. The van der Waals surface area contributed by atoms with Crippen molar-refractivity contribution < 1.29 is 19.4 Å². The van der Waals surface area contributed by atoms with E-state index in [0.29, 0.717) is 11.6 Å². The lowest BCUT2D eigenvalue weighted by Gasteiger charge is -2.09. The Morgan fingerprint density at radius 2 is 2.26 bits per heavy atom. The molecule has 0 spiro atoms. The predicted octanol–water partition coefficient (Wildman–Crippen LogP) is 1.76. The van der Waals surface area contributed by atoms with Crippen molar-refractivity contribution in [3.8, 4) is 11.6 Å². The number of rotatable bonds is 5. The highest BCUT2D eigenvalue weighted by atomic mass is 16.5. The summed E-state index contributed by atoms with van der Waals surface area (Å²) in [5.41, 5.74) is 0.848. The molecule has 1 N–H and O–H groups in total. The maximum Gasteiger partial charge on any atom is 0.337 e. The highest BCUT2D eigenvalue weighted by Crippen LogP contribution is 2.18. The van der Waals surface area contributed by atoms with Gasteiger partial charge >= 0.3 is 5.97 Å². The van der Waals surface area contributed by atoms with Crippen LogP contribution >= 0.6 is 0 Å². The molecule has 2 heterocycles. The molecular formula is C13H12N2O4. The van der Waals surface area contributed by atoms with Crippen LogP contribution in [0.25, 0.3) is 0 Å². The Hall–Kier alpha value is -2.63. The molecule has 2 rings (SSSR count). The van der Waals surface area contributed by atoms with Crippen molar-refractivity contribution in [1.29, 1.82) is 0 Å². The van der Waals surface area contributed by atoms with E-state index in [9.17, 15) is 4.79 Å². The fourth-order valence-corrected chi connectivity index (χ4v) is 1.49. The fourth-order valence-electron chi connectivity index (χ4n) is 1.49. The molecule has 6 nitrogen and oxygen atoms in total. The maximum absolute atomic E-state index is 10.8. The first kappa shape index (κ1) is 12.8. The maximum atomic E-state index is 10.8. The molecule has 0 amide bonds. The summed E-state index contributed by atoms with van der Waals surface area (Å²) in [7, 11) is 1.53. The van der Waals surface area contributed by atoms with Gasteiger partial charge in [-0.25, -0.2) is 9.78 Å². The third-order valence-electron chi connectivity index (χ3n) is 2.40. The number of aromatic nitrogens is 2. The number of methoxy groups -OCH3 is 1. The first-order valence-electron chi connectivity index (χ1n) is 5.49. The van der Waals surface area contributed by atoms with Gasteiger partial charge in [0.2, 0.25) is 5.88 Å². The Kier molecular flexibility index (Phi) is 3.92. The van der Waals surface area contributed by atoms with Gasteiger partial charge in [0.1, 0.15) is 12.4 Å². The monoisotopic (exact) mass is 260 g/mol. The zero-order valence-electron chi connectivity index (χ0n) is 10.2. The number of carboxylic acids is 1. The third kappa shape index (κ3) is 3.19. The molecule has 0 aliphatic carbocycles. The van der Waals surface area contributed by atoms with Gasteiger partial charge in [-0.3, -0.25) is 4.98 Å². The molecule has 0 saturated carbocycles. The van der Waals surface area contributed by atoms with Crippen molar-refractivity contribution in [2.45, 2.75) is 6.61 Å². The number of hydrogen-bond donors (Lipinski definition) is 1. The second-order valence-electron chi connectivity index (χ2n) is 3.67.